The van der Waals surface area contributed by atoms with E-state index in [1.807, 2.05) is 0 Å². The zero-order valence-corrected chi connectivity index (χ0v) is 11.2. The molecule has 0 aliphatic heterocycles. The summed E-state index contributed by atoms with van der Waals surface area (Å²) in [6.07, 6.45) is 3.01. The quantitative estimate of drug-likeness (QED) is 0.620. The molecule has 0 saturated heterocycles. The first-order valence-corrected chi connectivity index (χ1v) is 5.99. The lowest BCUT2D eigenvalue weighted by atomic mass is 10.4. The standard InChI is InChI=1S/C13H13N3O5/c1-16-6-2-4-9(16)13(19)21-8-11(17)14-15-12(18)10-5-3-7-20-10/h2-7H,8H2,1H3,(H,14,17)(H,15,18). The van der Waals surface area contributed by atoms with Crippen LogP contribution in [-0.2, 0) is 16.6 Å². The molecule has 2 heterocycles. The van der Waals surface area contributed by atoms with Crippen LogP contribution in [0.5, 0.6) is 0 Å². The van der Waals surface area contributed by atoms with Crippen molar-refractivity contribution >= 4 is 17.8 Å². The molecule has 2 N–H and O–H groups in total. The number of nitrogens with zero attached hydrogens (tertiary/aromatic N) is 1. The summed E-state index contributed by atoms with van der Waals surface area (Å²) in [5.74, 6) is -1.86. The van der Waals surface area contributed by atoms with Crippen molar-refractivity contribution in [3.63, 3.8) is 0 Å². The van der Waals surface area contributed by atoms with Gasteiger partial charge in [-0.25, -0.2) is 4.79 Å². The SMILES string of the molecule is Cn1cccc1C(=O)OCC(=O)NNC(=O)c1ccco1. The Kier molecular flexibility index (Phi) is 4.39. The van der Waals surface area contributed by atoms with E-state index in [1.165, 1.54) is 12.3 Å². The molecule has 2 aromatic heterocycles. The minimum Gasteiger partial charge on any atom is -0.459 e. The van der Waals surface area contributed by atoms with Gasteiger partial charge >= 0.3 is 11.9 Å². The molecule has 8 heteroatoms. The van der Waals surface area contributed by atoms with Crippen LogP contribution in [0.3, 0.4) is 0 Å². The Labute approximate surface area is 119 Å². The monoisotopic (exact) mass is 291 g/mol. The van der Waals surface area contributed by atoms with Gasteiger partial charge < -0.3 is 13.7 Å². The van der Waals surface area contributed by atoms with E-state index in [1.54, 1.807) is 36.0 Å². The van der Waals surface area contributed by atoms with Gasteiger partial charge in [-0.2, -0.15) is 0 Å². The summed E-state index contributed by atoms with van der Waals surface area (Å²) in [5, 5.41) is 0. The maximum Gasteiger partial charge on any atom is 0.355 e. The number of hydrogen-bond acceptors (Lipinski definition) is 5. The van der Waals surface area contributed by atoms with E-state index in [2.05, 4.69) is 10.9 Å². The predicted octanol–water partition coefficient (Wildman–Crippen LogP) is 0.236. The molecule has 0 bridgehead atoms. The smallest absolute Gasteiger partial charge is 0.355 e. The van der Waals surface area contributed by atoms with E-state index in [4.69, 9.17) is 9.15 Å². The van der Waals surface area contributed by atoms with Crippen LogP contribution in [0.25, 0.3) is 0 Å². The van der Waals surface area contributed by atoms with E-state index < -0.39 is 24.4 Å². The molecule has 0 spiro atoms. The number of aryl methyl sites for hydroxylation is 1. The zero-order chi connectivity index (χ0) is 15.2. The molecule has 0 radical (unpaired) electrons. The van der Waals surface area contributed by atoms with Gasteiger partial charge in [0, 0.05) is 13.2 Å². The van der Waals surface area contributed by atoms with Crippen LogP contribution in [0, 0.1) is 0 Å². The second kappa shape index (κ2) is 6.42. The largest absolute Gasteiger partial charge is 0.459 e. The molecule has 0 atom stereocenters. The number of carbonyl (C=O) groups excluding carboxylic acids is 3. The highest BCUT2D eigenvalue weighted by molar-refractivity contribution is 5.93. The fraction of sp³-hybridized carbons (Fsp3) is 0.154. The first-order valence-electron chi connectivity index (χ1n) is 5.99. The Morgan fingerprint density at radius 3 is 2.67 bits per heavy atom. The lowest BCUT2D eigenvalue weighted by Gasteiger charge is -2.07. The van der Waals surface area contributed by atoms with Crippen LogP contribution in [0.15, 0.2) is 41.1 Å². The summed E-state index contributed by atoms with van der Waals surface area (Å²) in [5.41, 5.74) is 4.55. The predicted molar refractivity (Wildman–Crippen MR) is 70.0 cm³/mol. The Morgan fingerprint density at radius 1 is 1.24 bits per heavy atom. The Hall–Kier alpha value is -3.03. The van der Waals surface area contributed by atoms with E-state index >= 15 is 0 Å². The third kappa shape index (κ3) is 3.72. The molecule has 0 aliphatic rings. The third-order valence-corrected chi connectivity index (χ3v) is 2.55. The van der Waals surface area contributed by atoms with Crippen molar-refractivity contribution in [3.05, 3.63) is 48.2 Å². The van der Waals surface area contributed by atoms with Gasteiger partial charge in [-0.05, 0) is 24.3 Å². The van der Waals surface area contributed by atoms with Crippen molar-refractivity contribution in [1.29, 1.82) is 0 Å². The number of rotatable bonds is 4. The van der Waals surface area contributed by atoms with Gasteiger partial charge in [0.1, 0.15) is 5.69 Å². The number of aromatic nitrogens is 1. The third-order valence-electron chi connectivity index (χ3n) is 2.55. The average Bonchev–Trinajstić information content (AvgIpc) is 3.13. The van der Waals surface area contributed by atoms with E-state index in [0.717, 1.165) is 0 Å². The van der Waals surface area contributed by atoms with E-state index in [9.17, 15) is 14.4 Å². The van der Waals surface area contributed by atoms with Gasteiger partial charge in [-0.1, -0.05) is 0 Å². The Morgan fingerprint density at radius 2 is 2.05 bits per heavy atom. The highest BCUT2D eigenvalue weighted by Gasteiger charge is 2.14. The average molecular weight is 291 g/mol. The Bertz CT molecular complexity index is 645. The number of esters is 1. The molecule has 2 amide bonds. The van der Waals surface area contributed by atoms with Crippen LogP contribution >= 0.6 is 0 Å². The molecular formula is C13H13N3O5. The van der Waals surface area contributed by atoms with Crippen LogP contribution in [0.2, 0.25) is 0 Å². The number of ether oxygens (including phenoxy) is 1. The van der Waals surface area contributed by atoms with Crippen molar-refractivity contribution in [1.82, 2.24) is 15.4 Å². The van der Waals surface area contributed by atoms with Crippen LogP contribution in [0.1, 0.15) is 21.0 Å². The van der Waals surface area contributed by atoms with Crippen molar-refractivity contribution in [2.24, 2.45) is 7.05 Å². The van der Waals surface area contributed by atoms with Crippen molar-refractivity contribution < 1.29 is 23.5 Å². The highest BCUT2D eigenvalue weighted by Crippen LogP contribution is 2.01. The van der Waals surface area contributed by atoms with Crippen molar-refractivity contribution in [2.45, 2.75) is 0 Å². The zero-order valence-electron chi connectivity index (χ0n) is 11.2. The molecule has 0 unspecified atom stereocenters. The molecule has 0 aliphatic carbocycles. The maximum absolute atomic E-state index is 11.6. The number of hydrogen-bond donors (Lipinski definition) is 2. The maximum atomic E-state index is 11.6. The minimum absolute atomic E-state index is 0.0519. The number of hydrazine groups is 1. The van der Waals surface area contributed by atoms with Gasteiger partial charge in [-0.15, -0.1) is 0 Å². The normalized spacial score (nSPS) is 9.95. The first-order chi connectivity index (χ1) is 10.1. The molecule has 110 valence electrons. The summed E-state index contributed by atoms with van der Waals surface area (Å²) in [6.45, 7) is -0.511. The van der Waals surface area contributed by atoms with E-state index in [-0.39, 0.29) is 5.76 Å². The van der Waals surface area contributed by atoms with Crippen LogP contribution in [-0.4, -0.2) is 29.0 Å². The van der Waals surface area contributed by atoms with Crippen LogP contribution < -0.4 is 10.9 Å². The molecule has 0 fully saturated rings. The van der Waals surface area contributed by atoms with E-state index in [0.29, 0.717) is 5.69 Å². The summed E-state index contributed by atoms with van der Waals surface area (Å²) in [6, 6.07) is 6.23. The van der Waals surface area contributed by atoms with Crippen LogP contribution in [0.4, 0.5) is 0 Å². The minimum atomic E-state index is -0.669. The van der Waals surface area contributed by atoms with Gasteiger partial charge in [0.2, 0.25) is 0 Å². The fourth-order valence-corrected chi connectivity index (χ4v) is 1.51. The number of carbonyl (C=O) groups is 3. The topological polar surface area (TPSA) is 103 Å². The van der Waals surface area contributed by atoms with Crippen molar-refractivity contribution in [3.8, 4) is 0 Å². The summed E-state index contributed by atoms with van der Waals surface area (Å²) < 4.78 is 11.2. The molecule has 2 aromatic rings. The second-order valence-corrected chi connectivity index (χ2v) is 4.06. The molecular weight excluding hydrogens is 278 g/mol. The second-order valence-electron chi connectivity index (χ2n) is 4.06. The fourth-order valence-electron chi connectivity index (χ4n) is 1.51. The number of amides is 2. The summed E-state index contributed by atoms with van der Waals surface area (Å²) in [4.78, 5) is 34.5. The highest BCUT2D eigenvalue weighted by atomic mass is 16.5. The lowest BCUT2D eigenvalue weighted by Crippen LogP contribution is -2.43. The Balaban J connectivity index is 1.74. The van der Waals surface area contributed by atoms with Gasteiger partial charge in [-0.3, -0.25) is 20.4 Å². The summed E-state index contributed by atoms with van der Waals surface area (Å²) in [7, 11) is 1.68. The van der Waals surface area contributed by atoms with Crippen molar-refractivity contribution in [2.75, 3.05) is 6.61 Å². The molecule has 8 nitrogen and oxygen atoms in total. The lowest BCUT2D eigenvalue weighted by molar-refractivity contribution is -0.125. The van der Waals surface area contributed by atoms with Gasteiger partial charge in [0.15, 0.2) is 12.4 Å². The number of furan rings is 1. The number of nitrogens with one attached hydrogen (secondary N) is 2. The van der Waals surface area contributed by atoms with Gasteiger partial charge in [0.25, 0.3) is 5.91 Å². The molecule has 0 saturated carbocycles. The first kappa shape index (κ1) is 14.4. The molecule has 21 heavy (non-hydrogen) atoms. The summed E-state index contributed by atoms with van der Waals surface area (Å²) >= 11 is 0. The molecule has 0 aromatic carbocycles. The van der Waals surface area contributed by atoms with Gasteiger partial charge in [0.05, 0.1) is 6.26 Å². The molecule has 2 rings (SSSR count).